The van der Waals surface area contributed by atoms with Gasteiger partial charge in [0.1, 0.15) is 4.99 Å². The summed E-state index contributed by atoms with van der Waals surface area (Å²) in [5, 5.41) is 2.93. The third-order valence-corrected chi connectivity index (χ3v) is 3.89. The summed E-state index contributed by atoms with van der Waals surface area (Å²) in [6.45, 7) is 0. The summed E-state index contributed by atoms with van der Waals surface area (Å²) < 4.78 is 0. The first kappa shape index (κ1) is 14.0. The van der Waals surface area contributed by atoms with Gasteiger partial charge in [-0.2, -0.15) is 0 Å². The van der Waals surface area contributed by atoms with Crippen LogP contribution in [0.1, 0.15) is 44.1 Å². The molecule has 1 saturated carbocycles. The Bertz CT molecular complexity index is 450. The van der Waals surface area contributed by atoms with E-state index in [2.05, 4.69) is 5.32 Å². The smallest absolute Gasteiger partial charge is 0.224 e. The lowest BCUT2D eigenvalue weighted by Gasteiger charge is -2.20. The molecule has 3 N–H and O–H groups in total. The summed E-state index contributed by atoms with van der Waals surface area (Å²) in [4.78, 5) is 12.3. The first-order chi connectivity index (χ1) is 9.15. The van der Waals surface area contributed by atoms with Crippen molar-refractivity contribution in [3.8, 4) is 0 Å². The Kier molecular flexibility index (Phi) is 4.91. The summed E-state index contributed by atoms with van der Waals surface area (Å²) in [5.74, 6) is 0.666. The van der Waals surface area contributed by atoms with Crippen molar-refractivity contribution < 1.29 is 4.79 Å². The number of hydrogen-bond donors (Lipinski definition) is 2. The Morgan fingerprint density at radius 3 is 2.42 bits per heavy atom. The molecule has 1 aromatic carbocycles. The molecule has 0 spiro atoms. The molecular weight excluding hydrogens is 256 g/mol. The Morgan fingerprint density at radius 1 is 1.21 bits per heavy atom. The van der Waals surface area contributed by atoms with Crippen LogP contribution >= 0.6 is 12.2 Å². The molecule has 0 radical (unpaired) electrons. The first-order valence-electron chi connectivity index (χ1n) is 6.85. The van der Waals surface area contributed by atoms with E-state index >= 15 is 0 Å². The van der Waals surface area contributed by atoms with Crippen LogP contribution in [-0.2, 0) is 4.79 Å². The van der Waals surface area contributed by atoms with E-state index in [4.69, 9.17) is 18.0 Å². The van der Waals surface area contributed by atoms with Crippen molar-refractivity contribution in [3.05, 3.63) is 29.8 Å². The monoisotopic (exact) mass is 276 g/mol. The van der Waals surface area contributed by atoms with Gasteiger partial charge in [-0.05, 0) is 43.0 Å². The normalized spacial score (nSPS) is 16.0. The second kappa shape index (κ2) is 6.66. The van der Waals surface area contributed by atoms with Gasteiger partial charge in [0.05, 0.1) is 0 Å². The minimum atomic E-state index is 0.106. The van der Waals surface area contributed by atoms with Crippen LogP contribution in [0.15, 0.2) is 24.3 Å². The molecule has 1 aromatic rings. The van der Waals surface area contributed by atoms with E-state index in [0.717, 1.165) is 11.3 Å². The van der Waals surface area contributed by atoms with E-state index in [-0.39, 0.29) is 5.91 Å². The van der Waals surface area contributed by atoms with Crippen LogP contribution in [-0.4, -0.2) is 10.9 Å². The number of nitrogens with one attached hydrogen (secondary N) is 1. The molecule has 4 heteroatoms. The Labute approximate surface area is 119 Å². The predicted octanol–water partition coefficient (Wildman–Crippen LogP) is 3.23. The lowest BCUT2D eigenvalue weighted by atomic mass is 9.87. The van der Waals surface area contributed by atoms with Crippen molar-refractivity contribution in [3.63, 3.8) is 0 Å². The van der Waals surface area contributed by atoms with Gasteiger partial charge in [-0.1, -0.05) is 31.5 Å². The van der Waals surface area contributed by atoms with E-state index in [1.807, 2.05) is 24.3 Å². The van der Waals surface area contributed by atoms with Crippen LogP contribution in [0.5, 0.6) is 0 Å². The van der Waals surface area contributed by atoms with Gasteiger partial charge in [-0.3, -0.25) is 4.79 Å². The predicted molar refractivity (Wildman–Crippen MR) is 82.2 cm³/mol. The average Bonchev–Trinajstić information content (AvgIpc) is 2.40. The van der Waals surface area contributed by atoms with Crippen LogP contribution in [0.4, 0.5) is 5.69 Å². The summed E-state index contributed by atoms with van der Waals surface area (Å²) in [5.41, 5.74) is 7.16. The lowest BCUT2D eigenvalue weighted by molar-refractivity contribution is -0.117. The van der Waals surface area contributed by atoms with Crippen molar-refractivity contribution >= 4 is 28.8 Å². The van der Waals surface area contributed by atoms with Gasteiger partial charge in [0.2, 0.25) is 5.91 Å². The zero-order valence-electron chi connectivity index (χ0n) is 11.0. The molecule has 0 atom stereocenters. The van der Waals surface area contributed by atoms with Crippen molar-refractivity contribution in [2.24, 2.45) is 11.7 Å². The average molecular weight is 276 g/mol. The van der Waals surface area contributed by atoms with Gasteiger partial charge < -0.3 is 11.1 Å². The number of carbonyl (C=O) groups excluding carboxylic acids is 1. The molecular formula is C15H20N2OS. The number of rotatable bonds is 4. The van der Waals surface area contributed by atoms with Crippen molar-refractivity contribution in [1.82, 2.24) is 0 Å². The fraction of sp³-hybridized carbons (Fsp3) is 0.467. The number of benzene rings is 1. The van der Waals surface area contributed by atoms with E-state index in [0.29, 0.717) is 17.3 Å². The van der Waals surface area contributed by atoms with Gasteiger partial charge in [0, 0.05) is 17.7 Å². The van der Waals surface area contributed by atoms with Gasteiger partial charge in [0.25, 0.3) is 0 Å². The van der Waals surface area contributed by atoms with Gasteiger partial charge in [-0.15, -0.1) is 0 Å². The molecule has 0 bridgehead atoms. The van der Waals surface area contributed by atoms with Gasteiger partial charge >= 0.3 is 0 Å². The molecule has 19 heavy (non-hydrogen) atoms. The molecule has 1 aliphatic carbocycles. The van der Waals surface area contributed by atoms with Crippen LogP contribution in [0.2, 0.25) is 0 Å². The molecule has 0 saturated heterocycles. The Balaban J connectivity index is 1.85. The van der Waals surface area contributed by atoms with Crippen LogP contribution in [0.3, 0.4) is 0 Å². The maximum atomic E-state index is 11.9. The summed E-state index contributed by atoms with van der Waals surface area (Å²) in [7, 11) is 0. The second-order valence-electron chi connectivity index (χ2n) is 5.20. The minimum Gasteiger partial charge on any atom is -0.389 e. The van der Waals surface area contributed by atoms with Crippen LogP contribution in [0.25, 0.3) is 0 Å². The van der Waals surface area contributed by atoms with Crippen molar-refractivity contribution in [1.29, 1.82) is 0 Å². The highest BCUT2D eigenvalue weighted by molar-refractivity contribution is 7.80. The number of amides is 1. The number of nitrogens with two attached hydrogens (primary N) is 1. The zero-order chi connectivity index (χ0) is 13.7. The van der Waals surface area contributed by atoms with E-state index in [9.17, 15) is 4.79 Å². The third-order valence-electron chi connectivity index (χ3n) is 3.65. The molecule has 1 fully saturated rings. The number of hydrogen-bond acceptors (Lipinski definition) is 2. The molecule has 0 heterocycles. The molecule has 3 nitrogen and oxygen atoms in total. The SMILES string of the molecule is NC(=S)c1ccc(NC(=O)CC2CCCCC2)cc1. The maximum absolute atomic E-state index is 11.9. The number of thiocarbonyl (C=S) groups is 1. The number of carbonyl (C=O) groups is 1. The lowest BCUT2D eigenvalue weighted by Crippen LogP contribution is -2.18. The molecule has 0 aliphatic heterocycles. The fourth-order valence-corrected chi connectivity index (χ4v) is 2.72. The fourth-order valence-electron chi connectivity index (χ4n) is 2.58. The Hall–Kier alpha value is -1.42. The molecule has 1 amide bonds. The number of anilines is 1. The van der Waals surface area contributed by atoms with Crippen molar-refractivity contribution in [2.45, 2.75) is 38.5 Å². The maximum Gasteiger partial charge on any atom is 0.224 e. The minimum absolute atomic E-state index is 0.106. The standard InChI is InChI=1S/C15H20N2OS/c16-15(19)12-6-8-13(9-7-12)17-14(18)10-11-4-2-1-3-5-11/h6-9,11H,1-5,10H2,(H2,16,19)(H,17,18). The molecule has 102 valence electrons. The third kappa shape index (κ3) is 4.31. The quantitative estimate of drug-likeness (QED) is 0.830. The highest BCUT2D eigenvalue weighted by Crippen LogP contribution is 2.26. The summed E-state index contributed by atoms with van der Waals surface area (Å²) in [6.07, 6.45) is 6.86. The Morgan fingerprint density at radius 2 is 1.84 bits per heavy atom. The summed E-state index contributed by atoms with van der Waals surface area (Å²) in [6, 6.07) is 7.34. The molecule has 0 aromatic heterocycles. The highest BCUT2D eigenvalue weighted by atomic mass is 32.1. The van der Waals surface area contributed by atoms with Gasteiger partial charge in [-0.25, -0.2) is 0 Å². The first-order valence-corrected chi connectivity index (χ1v) is 7.25. The van der Waals surface area contributed by atoms with E-state index in [1.165, 1.54) is 32.1 Å². The zero-order valence-corrected chi connectivity index (χ0v) is 11.8. The van der Waals surface area contributed by atoms with Gasteiger partial charge in [0.15, 0.2) is 0 Å². The van der Waals surface area contributed by atoms with Crippen molar-refractivity contribution in [2.75, 3.05) is 5.32 Å². The van der Waals surface area contributed by atoms with Crippen LogP contribution < -0.4 is 11.1 Å². The van der Waals surface area contributed by atoms with Crippen LogP contribution in [0, 0.1) is 5.92 Å². The second-order valence-corrected chi connectivity index (χ2v) is 5.64. The molecule has 1 aliphatic rings. The molecule has 0 unspecified atom stereocenters. The topological polar surface area (TPSA) is 55.1 Å². The molecule has 2 rings (SSSR count). The largest absolute Gasteiger partial charge is 0.389 e. The van der Waals surface area contributed by atoms with E-state index in [1.54, 1.807) is 0 Å². The van der Waals surface area contributed by atoms with E-state index < -0.39 is 0 Å². The highest BCUT2D eigenvalue weighted by Gasteiger charge is 2.16. The summed E-state index contributed by atoms with van der Waals surface area (Å²) >= 11 is 4.89.